The molecule has 1 heterocycles. The molecule has 0 saturated carbocycles. The van der Waals surface area contributed by atoms with Crippen LogP contribution in [0.1, 0.15) is 12.8 Å². The number of nitrogens with one attached hydrogen (secondary N) is 3. The lowest BCUT2D eigenvalue weighted by molar-refractivity contribution is -0.117. The molecule has 1 unspecified atom stereocenters. The SMILES string of the molecule is COC(=O)Nc1ccc(NC(=O)C2CCCN2)cc1. The van der Waals surface area contributed by atoms with Crippen molar-refractivity contribution in [3.8, 4) is 0 Å². The zero-order valence-corrected chi connectivity index (χ0v) is 10.7. The maximum atomic E-state index is 11.9. The highest BCUT2D eigenvalue weighted by Gasteiger charge is 2.21. The number of carbonyl (C=O) groups excluding carboxylic acids is 2. The van der Waals surface area contributed by atoms with Crippen molar-refractivity contribution in [1.82, 2.24) is 5.32 Å². The highest BCUT2D eigenvalue weighted by atomic mass is 16.5. The summed E-state index contributed by atoms with van der Waals surface area (Å²) >= 11 is 0. The second-order valence-electron chi connectivity index (χ2n) is 4.33. The Morgan fingerprint density at radius 2 is 1.84 bits per heavy atom. The number of benzene rings is 1. The first kappa shape index (κ1) is 13.4. The molecule has 1 fully saturated rings. The Bertz CT molecular complexity index is 453. The standard InChI is InChI=1S/C13H17N3O3/c1-19-13(18)16-10-6-4-9(5-7-10)15-12(17)11-3-2-8-14-11/h4-7,11,14H,2-3,8H2,1H3,(H,15,17)(H,16,18). The maximum absolute atomic E-state index is 11.9. The van der Waals surface area contributed by atoms with Gasteiger partial charge in [-0.1, -0.05) is 0 Å². The lowest BCUT2D eigenvalue weighted by Crippen LogP contribution is -2.35. The van der Waals surface area contributed by atoms with Crippen LogP contribution in [0, 0.1) is 0 Å². The third-order valence-corrected chi connectivity index (χ3v) is 2.96. The molecule has 0 spiro atoms. The van der Waals surface area contributed by atoms with Crippen LogP contribution in [0.4, 0.5) is 16.2 Å². The van der Waals surface area contributed by atoms with Gasteiger partial charge in [0.15, 0.2) is 0 Å². The number of anilines is 2. The van der Waals surface area contributed by atoms with Crippen LogP contribution in [-0.2, 0) is 9.53 Å². The molecule has 0 radical (unpaired) electrons. The Morgan fingerprint density at radius 3 is 2.37 bits per heavy atom. The predicted molar refractivity (Wildman–Crippen MR) is 72.1 cm³/mol. The largest absolute Gasteiger partial charge is 0.453 e. The number of methoxy groups -OCH3 is 1. The van der Waals surface area contributed by atoms with Gasteiger partial charge in [-0.15, -0.1) is 0 Å². The fourth-order valence-electron chi connectivity index (χ4n) is 1.94. The third kappa shape index (κ3) is 3.69. The van der Waals surface area contributed by atoms with Gasteiger partial charge in [0.05, 0.1) is 13.2 Å². The van der Waals surface area contributed by atoms with Crippen molar-refractivity contribution in [2.24, 2.45) is 0 Å². The second kappa shape index (κ2) is 6.19. The number of rotatable bonds is 3. The van der Waals surface area contributed by atoms with Crippen LogP contribution in [0.25, 0.3) is 0 Å². The molecule has 102 valence electrons. The normalized spacial score (nSPS) is 17.8. The summed E-state index contributed by atoms with van der Waals surface area (Å²) in [7, 11) is 1.30. The van der Waals surface area contributed by atoms with Gasteiger partial charge in [0, 0.05) is 11.4 Å². The molecule has 1 aliphatic rings. The van der Waals surface area contributed by atoms with Crippen LogP contribution in [-0.4, -0.2) is 31.7 Å². The van der Waals surface area contributed by atoms with Crippen molar-refractivity contribution in [3.63, 3.8) is 0 Å². The molecule has 2 amide bonds. The van der Waals surface area contributed by atoms with Crippen molar-refractivity contribution < 1.29 is 14.3 Å². The van der Waals surface area contributed by atoms with E-state index in [-0.39, 0.29) is 11.9 Å². The Hall–Kier alpha value is -2.08. The summed E-state index contributed by atoms with van der Waals surface area (Å²) in [5.41, 5.74) is 1.32. The highest BCUT2D eigenvalue weighted by Crippen LogP contribution is 2.15. The van der Waals surface area contributed by atoms with E-state index in [4.69, 9.17) is 0 Å². The van der Waals surface area contributed by atoms with Gasteiger partial charge in [-0.05, 0) is 43.7 Å². The van der Waals surface area contributed by atoms with Gasteiger partial charge in [0.2, 0.25) is 5.91 Å². The van der Waals surface area contributed by atoms with Crippen LogP contribution in [0.2, 0.25) is 0 Å². The van der Waals surface area contributed by atoms with Gasteiger partial charge in [-0.3, -0.25) is 10.1 Å². The number of hydrogen-bond donors (Lipinski definition) is 3. The van der Waals surface area contributed by atoms with Crippen molar-refractivity contribution in [1.29, 1.82) is 0 Å². The molecule has 6 nitrogen and oxygen atoms in total. The number of carbonyl (C=O) groups is 2. The monoisotopic (exact) mass is 263 g/mol. The maximum Gasteiger partial charge on any atom is 0.411 e. The lowest BCUT2D eigenvalue weighted by Gasteiger charge is -2.11. The molecule has 1 saturated heterocycles. The topological polar surface area (TPSA) is 79.5 Å². The molecule has 0 aliphatic carbocycles. The van der Waals surface area contributed by atoms with Gasteiger partial charge < -0.3 is 15.4 Å². The molecule has 1 atom stereocenters. The molecule has 3 N–H and O–H groups in total. The van der Waals surface area contributed by atoms with E-state index in [2.05, 4.69) is 20.7 Å². The zero-order chi connectivity index (χ0) is 13.7. The van der Waals surface area contributed by atoms with E-state index in [1.165, 1.54) is 7.11 Å². The number of amides is 2. The van der Waals surface area contributed by atoms with E-state index in [0.29, 0.717) is 11.4 Å². The minimum Gasteiger partial charge on any atom is -0.453 e. The van der Waals surface area contributed by atoms with Crippen LogP contribution in [0.15, 0.2) is 24.3 Å². The van der Waals surface area contributed by atoms with Crippen LogP contribution < -0.4 is 16.0 Å². The second-order valence-corrected chi connectivity index (χ2v) is 4.33. The summed E-state index contributed by atoms with van der Waals surface area (Å²) in [6.07, 6.45) is 1.38. The molecule has 1 aliphatic heterocycles. The molecule has 0 bridgehead atoms. The van der Waals surface area contributed by atoms with E-state index >= 15 is 0 Å². The summed E-state index contributed by atoms with van der Waals surface area (Å²) in [5, 5.41) is 8.51. The molecule has 1 aromatic rings. The quantitative estimate of drug-likeness (QED) is 0.773. The highest BCUT2D eigenvalue weighted by molar-refractivity contribution is 5.95. The first-order valence-electron chi connectivity index (χ1n) is 6.18. The van der Waals surface area contributed by atoms with Gasteiger partial charge in [0.1, 0.15) is 0 Å². The molecular formula is C13H17N3O3. The predicted octanol–water partition coefficient (Wildman–Crippen LogP) is 1.56. The van der Waals surface area contributed by atoms with Gasteiger partial charge in [-0.2, -0.15) is 0 Å². The summed E-state index contributed by atoms with van der Waals surface area (Å²) in [5.74, 6) is -0.0221. The Kier molecular flexibility index (Phi) is 4.35. The van der Waals surface area contributed by atoms with Crippen LogP contribution >= 0.6 is 0 Å². The Balaban J connectivity index is 1.91. The molecule has 6 heteroatoms. The van der Waals surface area contributed by atoms with E-state index in [0.717, 1.165) is 19.4 Å². The minimum atomic E-state index is -0.521. The van der Waals surface area contributed by atoms with E-state index < -0.39 is 6.09 Å². The molecule has 19 heavy (non-hydrogen) atoms. The molecule has 0 aromatic heterocycles. The van der Waals surface area contributed by atoms with Crippen LogP contribution in [0.5, 0.6) is 0 Å². The summed E-state index contributed by atoms with van der Waals surface area (Å²) in [6, 6.07) is 6.77. The van der Waals surface area contributed by atoms with Crippen molar-refractivity contribution in [3.05, 3.63) is 24.3 Å². The molecule has 1 aromatic carbocycles. The summed E-state index contributed by atoms with van der Waals surface area (Å²) < 4.78 is 4.49. The average molecular weight is 263 g/mol. The fraction of sp³-hybridized carbons (Fsp3) is 0.385. The van der Waals surface area contributed by atoms with Crippen molar-refractivity contribution in [2.75, 3.05) is 24.3 Å². The lowest BCUT2D eigenvalue weighted by atomic mass is 10.2. The van der Waals surface area contributed by atoms with Gasteiger partial charge in [-0.25, -0.2) is 4.79 Å². The molecular weight excluding hydrogens is 246 g/mol. The van der Waals surface area contributed by atoms with Crippen LogP contribution in [0.3, 0.4) is 0 Å². The van der Waals surface area contributed by atoms with E-state index in [1.807, 2.05) is 0 Å². The summed E-state index contributed by atoms with van der Waals surface area (Å²) in [6.45, 7) is 0.889. The van der Waals surface area contributed by atoms with Crippen molar-refractivity contribution >= 4 is 23.4 Å². The third-order valence-electron chi connectivity index (χ3n) is 2.96. The summed E-state index contributed by atoms with van der Waals surface area (Å²) in [4.78, 5) is 22.9. The Labute approximate surface area is 111 Å². The average Bonchev–Trinajstić information content (AvgIpc) is 2.95. The van der Waals surface area contributed by atoms with Crippen molar-refractivity contribution in [2.45, 2.75) is 18.9 Å². The van der Waals surface area contributed by atoms with E-state index in [9.17, 15) is 9.59 Å². The number of hydrogen-bond acceptors (Lipinski definition) is 4. The zero-order valence-electron chi connectivity index (χ0n) is 10.7. The number of ether oxygens (including phenoxy) is 1. The minimum absolute atomic E-state index is 0.0221. The van der Waals surface area contributed by atoms with Gasteiger partial charge >= 0.3 is 6.09 Å². The Morgan fingerprint density at radius 1 is 1.21 bits per heavy atom. The van der Waals surface area contributed by atoms with Gasteiger partial charge in [0.25, 0.3) is 0 Å². The molecule has 2 rings (SSSR count). The van der Waals surface area contributed by atoms with E-state index in [1.54, 1.807) is 24.3 Å². The first-order chi connectivity index (χ1) is 9.19. The smallest absolute Gasteiger partial charge is 0.411 e. The first-order valence-corrected chi connectivity index (χ1v) is 6.18. The fourth-order valence-corrected chi connectivity index (χ4v) is 1.94.